The smallest absolute Gasteiger partial charge is 0.270 e. The van der Waals surface area contributed by atoms with E-state index in [2.05, 4.69) is 14.2 Å². The molecule has 0 fully saturated rings. The molecule has 24 heavy (non-hydrogen) atoms. The van der Waals surface area contributed by atoms with Crippen LogP contribution in [0.2, 0.25) is 0 Å². The van der Waals surface area contributed by atoms with Gasteiger partial charge in [-0.3, -0.25) is 9.59 Å². The normalized spacial score (nSPS) is 12.7. The van der Waals surface area contributed by atoms with Crippen LogP contribution in [0.15, 0.2) is 12.1 Å². The van der Waals surface area contributed by atoms with E-state index in [9.17, 15) is 14.0 Å². The SMILES string of the molecule is CC(=O)C(CC(C)C)N(C)C(=O)c1cc2c(F)cc(C)c(P)c2[nH]1. The highest BCUT2D eigenvalue weighted by Gasteiger charge is 2.27. The predicted molar refractivity (Wildman–Crippen MR) is 98.4 cm³/mol. The fraction of sp³-hybridized carbons (Fsp3) is 0.444. The predicted octanol–water partition coefficient (Wildman–Crippen LogP) is 3.19. The summed E-state index contributed by atoms with van der Waals surface area (Å²) in [6.07, 6.45) is 0.597. The summed E-state index contributed by atoms with van der Waals surface area (Å²) in [6.45, 7) is 7.32. The minimum absolute atomic E-state index is 0.0515. The summed E-state index contributed by atoms with van der Waals surface area (Å²) < 4.78 is 14.2. The molecule has 1 heterocycles. The van der Waals surface area contributed by atoms with Crippen molar-refractivity contribution in [2.75, 3.05) is 7.05 Å². The van der Waals surface area contributed by atoms with Crippen LogP contribution in [-0.2, 0) is 4.79 Å². The molecule has 0 saturated heterocycles. The number of H-pyrrole nitrogens is 1. The van der Waals surface area contributed by atoms with Gasteiger partial charge in [0.1, 0.15) is 11.5 Å². The molecule has 0 saturated carbocycles. The van der Waals surface area contributed by atoms with Gasteiger partial charge in [0.15, 0.2) is 5.78 Å². The summed E-state index contributed by atoms with van der Waals surface area (Å²) >= 11 is 0. The number of carbonyl (C=O) groups is 2. The summed E-state index contributed by atoms with van der Waals surface area (Å²) in [4.78, 5) is 29.1. The lowest BCUT2D eigenvalue weighted by Gasteiger charge is -2.27. The molecule has 0 radical (unpaired) electrons. The first-order chi connectivity index (χ1) is 11.1. The van der Waals surface area contributed by atoms with Gasteiger partial charge in [0, 0.05) is 12.4 Å². The largest absolute Gasteiger partial charge is 0.350 e. The van der Waals surface area contributed by atoms with Gasteiger partial charge in [-0.05, 0) is 49.2 Å². The van der Waals surface area contributed by atoms with Crippen LogP contribution in [0.1, 0.15) is 43.2 Å². The standard InChI is InChI=1S/C18H24FN2O2P/c1-9(2)6-15(11(4)22)21(5)18(23)14-8-12-13(19)7-10(3)17(24)16(12)20-14/h7-9,15,20H,6,24H2,1-5H3. The number of hydrogen-bond acceptors (Lipinski definition) is 2. The van der Waals surface area contributed by atoms with Crippen LogP contribution < -0.4 is 5.30 Å². The highest BCUT2D eigenvalue weighted by atomic mass is 31.0. The van der Waals surface area contributed by atoms with Gasteiger partial charge in [-0.25, -0.2) is 4.39 Å². The van der Waals surface area contributed by atoms with E-state index in [4.69, 9.17) is 0 Å². The topological polar surface area (TPSA) is 53.2 Å². The highest BCUT2D eigenvalue weighted by Crippen LogP contribution is 2.23. The zero-order valence-electron chi connectivity index (χ0n) is 14.7. The van der Waals surface area contributed by atoms with Crippen LogP contribution in [0.25, 0.3) is 10.9 Å². The van der Waals surface area contributed by atoms with Crippen molar-refractivity contribution in [2.45, 2.75) is 40.2 Å². The molecular weight excluding hydrogens is 326 g/mol. The van der Waals surface area contributed by atoms with Crippen molar-refractivity contribution >= 4 is 37.1 Å². The van der Waals surface area contributed by atoms with Crippen LogP contribution >= 0.6 is 9.24 Å². The number of aromatic amines is 1. The first-order valence-corrected chi connectivity index (χ1v) is 8.56. The van der Waals surface area contributed by atoms with E-state index in [0.29, 0.717) is 17.3 Å². The number of halogens is 1. The maximum Gasteiger partial charge on any atom is 0.270 e. The van der Waals surface area contributed by atoms with Crippen LogP contribution in [-0.4, -0.2) is 34.7 Å². The van der Waals surface area contributed by atoms with Crippen LogP contribution in [0.4, 0.5) is 4.39 Å². The molecule has 1 N–H and O–H groups in total. The van der Waals surface area contributed by atoms with Gasteiger partial charge in [-0.1, -0.05) is 13.8 Å². The Balaban J connectivity index is 2.42. The van der Waals surface area contributed by atoms with Crippen molar-refractivity contribution in [2.24, 2.45) is 5.92 Å². The first kappa shape index (κ1) is 18.6. The van der Waals surface area contributed by atoms with Crippen molar-refractivity contribution in [3.05, 3.63) is 29.2 Å². The monoisotopic (exact) mass is 350 g/mol. The average Bonchev–Trinajstić information content (AvgIpc) is 2.94. The number of aryl methyl sites for hydroxylation is 1. The second-order valence-electron chi connectivity index (χ2n) is 6.73. The molecule has 0 aliphatic rings. The van der Waals surface area contributed by atoms with E-state index in [-0.39, 0.29) is 29.1 Å². The Morgan fingerprint density at radius 2 is 1.96 bits per heavy atom. The number of hydrogen-bond donors (Lipinski definition) is 1. The summed E-state index contributed by atoms with van der Waals surface area (Å²) in [5.74, 6) is -0.439. The minimum Gasteiger partial charge on any atom is -0.350 e. The van der Waals surface area contributed by atoms with E-state index in [1.54, 1.807) is 7.05 Å². The molecule has 2 atom stereocenters. The van der Waals surface area contributed by atoms with Crippen molar-refractivity contribution in [3.63, 3.8) is 0 Å². The number of fused-ring (bicyclic) bond motifs is 1. The number of carbonyl (C=O) groups excluding carboxylic acids is 2. The van der Waals surface area contributed by atoms with Gasteiger partial charge in [0.05, 0.1) is 11.6 Å². The molecule has 2 aromatic rings. The molecule has 6 heteroatoms. The van der Waals surface area contributed by atoms with Gasteiger partial charge >= 0.3 is 0 Å². The van der Waals surface area contributed by atoms with Crippen LogP contribution in [0.5, 0.6) is 0 Å². The third-order valence-electron chi connectivity index (χ3n) is 4.29. The lowest BCUT2D eigenvalue weighted by atomic mass is 9.99. The van der Waals surface area contributed by atoms with E-state index < -0.39 is 6.04 Å². The Morgan fingerprint density at radius 1 is 1.33 bits per heavy atom. The molecule has 1 aromatic carbocycles. The molecule has 0 spiro atoms. The fourth-order valence-corrected chi connectivity index (χ4v) is 3.20. The third kappa shape index (κ3) is 3.51. The zero-order valence-corrected chi connectivity index (χ0v) is 15.9. The van der Waals surface area contributed by atoms with Gasteiger partial charge in [0.2, 0.25) is 0 Å². The van der Waals surface area contributed by atoms with Gasteiger partial charge in [-0.2, -0.15) is 0 Å². The molecule has 2 rings (SSSR count). The Morgan fingerprint density at radius 3 is 2.50 bits per heavy atom. The number of likely N-dealkylation sites (N-methyl/N-ethyl adjacent to an activating group) is 1. The molecule has 1 amide bonds. The molecular formula is C18H24FN2O2P. The molecule has 2 unspecified atom stereocenters. The van der Waals surface area contributed by atoms with E-state index in [1.807, 2.05) is 20.8 Å². The molecule has 0 aliphatic heterocycles. The molecule has 1 aromatic heterocycles. The lowest BCUT2D eigenvalue weighted by Crippen LogP contribution is -2.42. The van der Waals surface area contributed by atoms with Crippen molar-refractivity contribution < 1.29 is 14.0 Å². The lowest BCUT2D eigenvalue weighted by molar-refractivity contribution is -0.121. The fourth-order valence-electron chi connectivity index (χ4n) is 2.89. The summed E-state index contributed by atoms with van der Waals surface area (Å²) in [5, 5.41) is 1.21. The number of nitrogens with one attached hydrogen (secondary N) is 1. The Labute approximate surface area is 144 Å². The number of amides is 1. The van der Waals surface area contributed by atoms with Crippen LogP contribution in [0, 0.1) is 18.7 Å². The van der Waals surface area contributed by atoms with Gasteiger partial charge < -0.3 is 9.88 Å². The van der Waals surface area contributed by atoms with E-state index in [0.717, 1.165) is 10.9 Å². The first-order valence-electron chi connectivity index (χ1n) is 7.98. The number of Topliss-reactive ketones (excluding diaryl/α,β-unsaturated/α-hetero) is 1. The molecule has 4 nitrogen and oxygen atoms in total. The number of benzene rings is 1. The number of aromatic nitrogens is 1. The molecule has 0 bridgehead atoms. The van der Waals surface area contributed by atoms with Gasteiger partial charge in [-0.15, -0.1) is 9.24 Å². The maximum atomic E-state index is 14.2. The average molecular weight is 350 g/mol. The van der Waals surface area contributed by atoms with E-state index in [1.165, 1.54) is 24.0 Å². The van der Waals surface area contributed by atoms with E-state index >= 15 is 0 Å². The summed E-state index contributed by atoms with van der Waals surface area (Å²) in [5.41, 5.74) is 1.67. The molecule has 130 valence electrons. The summed E-state index contributed by atoms with van der Waals surface area (Å²) in [7, 11) is 4.19. The Bertz CT molecular complexity index is 798. The number of nitrogens with zero attached hydrogens (tertiary/aromatic N) is 1. The second-order valence-corrected chi connectivity index (χ2v) is 7.31. The summed E-state index contributed by atoms with van der Waals surface area (Å²) in [6, 6.07) is 2.49. The van der Waals surface area contributed by atoms with Crippen molar-refractivity contribution in [1.82, 2.24) is 9.88 Å². The zero-order chi connectivity index (χ0) is 18.2. The maximum absolute atomic E-state index is 14.2. The van der Waals surface area contributed by atoms with Gasteiger partial charge in [0.25, 0.3) is 5.91 Å². The number of rotatable bonds is 5. The third-order valence-corrected chi connectivity index (χ3v) is 5.04. The highest BCUT2D eigenvalue weighted by molar-refractivity contribution is 7.28. The second kappa shape index (κ2) is 7.02. The Hall–Kier alpha value is -1.74. The number of ketones is 1. The Kier molecular flexibility index (Phi) is 5.44. The molecule has 0 aliphatic carbocycles. The van der Waals surface area contributed by atoms with Crippen molar-refractivity contribution in [3.8, 4) is 0 Å². The van der Waals surface area contributed by atoms with Crippen LogP contribution in [0.3, 0.4) is 0 Å². The minimum atomic E-state index is -0.481. The van der Waals surface area contributed by atoms with Crippen molar-refractivity contribution in [1.29, 1.82) is 0 Å². The quantitative estimate of drug-likeness (QED) is 0.842.